The van der Waals surface area contributed by atoms with Crippen LogP contribution in [0.15, 0.2) is 0 Å². The summed E-state index contributed by atoms with van der Waals surface area (Å²) in [7, 11) is 1.18. The second-order valence-electron chi connectivity index (χ2n) is 4.92. The molecular weight excluding hydrogens is 249 g/mol. The average Bonchev–Trinajstić information content (AvgIpc) is 2.28. The molecule has 0 aromatic heterocycles. The minimum Gasteiger partial charge on any atom is -0.469 e. The Labute approximate surface area is 104 Å². The molecule has 0 amide bonds. The molecule has 0 radical (unpaired) electrons. The van der Waals surface area contributed by atoms with Gasteiger partial charge in [0.05, 0.1) is 24.5 Å². The molecule has 1 aliphatic carbocycles. The van der Waals surface area contributed by atoms with Crippen molar-refractivity contribution in [2.24, 2.45) is 11.8 Å². The summed E-state index contributed by atoms with van der Waals surface area (Å²) in [5, 5.41) is 10.4. The second-order valence-corrected chi connectivity index (χ2v) is 4.92. The zero-order valence-corrected chi connectivity index (χ0v) is 10.6. The Morgan fingerprint density at radius 2 is 2.17 bits per heavy atom. The van der Waals surface area contributed by atoms with Crippen LogP contribution in [0.4, 0.5) is 13.2 Å². The molecule has 3 atom stereocenters. The molecule has 3 nitrogen and oxygen atoms in total. The van der Waals surface area contributed by atoms with Crippen molar-refractivity contribution in [1.82, 2.24) is 0 Å². The van der Waals surface area contributed by atoms with Crippen molar-refractivity contribution >= 4 is 5.97 Å². The molecule has 106 valence electrons. The van der Waals surface area contributed by atoms with Crippen molar-refractivity contribution in [2.75, 3.05) is 7.11 Å². The van der Waals surface area contributed by atoms with Crippen LogP contribution >= 0.6 is 0 Å². The maximum atomic E-state index is 12.7. The quantitative estimate of drug-likeness (QED) is 0.800. The third kappa shape index (κ3) is 3.16. The maximum Gasteiger partial charge on any atom is 0.391 e. The number of alkyl halides is 3. The Balaban J connectivity index is 2.87. The fourth-order valence-electron chi connectivity index (χ4n) is 2.79. The average molecular weight is 268 g/mol. The maximum absolute atomic E-state index is 12.7. The van der Waals surface area contributed by atoms with E-state index in [1.165, 1.54) is 7.11 Å². The van der Waals surface area contributed by atoms with Gasteiger partial charge in [0, 0.05) is 0 Å². The lowest BCUT2D eigenvalue weighted by Crippen LogP contribution is -2.48. The molecule has 0 bridgehead atoms. The van der Waals surface area contributed by atoms with Crippen LogP contribution in [0.5, 0.6) is 0 Å². The molecule has 1 rings (SSSR count). The zero-order valence-electron chi connectivity index (χ0n) is 10.6. The Morgan fingerprint density at radius 1 is 1.56 bits per heavy atom. The van der Waals surface area contributed by atoms with E-state index in [0.29, 0.717) is 0 Å². The van der Waals surface area contributed by atoms with Gasteiger partial charge in [-0.05, 0) is 32.1 Å². The Morgan fingerprint density at radius 3 is 2.61 bits per heavy atom. The monoisotopic (exact) mass is 268 g/mol. The van der Waals surface area contributed by atoms with Gasteiger partial charge in [-0.15, -0.1) is 0 Å². The van der Waals surface area contributed by atoms with E-state index in [4.69, 9.17) is 0 Å². The Bertz CT molecular complexity index is 303. The smallest absolute Gasteiger partial charge is 0.391 e. The molecule has 6 heteroatoms. The number of rotatable bonds is 3. The van der Waals surface area contributed by atoms with Crippen molar-refractivity contribution in [1.29, 1.82) is 0 Å². The third-order valence-corrected chi connectivity index (χ3v) is 3.77. The van der Waals surface area contributed by atoms with Crippen LogP contribution in [0.2, 0.25) is 0 Å². The lowest BCUT2D eigenvalue weighted by atomic mass is 9.70. The number of carbonyl (C=O) groups excluding carboxylic acids is 1. The molecule has 1 N–H and O–H groups in total. The summed E-state index contributed by atoms with van der Waals surface area (Å²) in [5.74, 6) is -3.05. The number of carbonyl (C=O) groups is 1. The molecular formula is C12H19F3O3. The van der Waals surface area contributed by atoms with Gasteiger partial charge >= 0.3 is 12.1 Å². The highest BCUT2D eigenvalue weighted by atomic mass is 19.4. The van der Waals surface area contributed by atoms with Crippen molar-refractivity contribution in [3.63, 3.8) is 0 Å². The highest BCUT2D eigenvalue weighted by Gasteiger charge is 2.51. The number of methoxy groups -OCH3 is 1. The van der Waals surface area contributed by atoms with E-state index in [0.717, 1.165) is 0 Å². The highest BCUT2D eigenvalue weighted by molar-refractivity contribution is 5.73. The molecule has 1 aliphatic rings. The van der Waals surface area contributed by atoms with Crippen molar-refractivity contribution in [2.45, 2.75) is 50.8 Å². The molecule has 1 saturated carbocycles. The summed E-state index contributed by atoms with van der Waals surface area (Å²) in [5.41, 5.74) is -1.60. The molecule has 1 fully saturated rings. The van der Waals surface area contributed by atoms with Gasteiger partial charge in [-0.1, -0.05) is 6.92 Å². The predicted octanol–water partition coefficient (Wildman–Crippen LogP) is 2.67. The van der Waals surface area contributed by atoms with Gasteiger partial charge in [-0.2, -0.15) is 13.2 Å². The van der Waals surface area contributed by atoms with Gasteiger partial charge in [0.1, 0.15) is 0 Å². The molecule has 0 saturated heterocycles. The topological polar surface area (TPSA) is 46.5 Å². The standard InChI is InChI=1S/C12H19F3O3/c1-3-9(10(16)18-2)11(17)6-4-5-8(7-11)12(13,14)15/h8-9,17H,3-7H2,1-2H3. The normalized spacial score (nSPS) is 30.9. The lowest BCUT2D eigenvalue weighted by molar-refractivity contribution is -0.210. The van der Waals surface area contributed by atoms with E-state index in [9.17, 15) is 23.1 Å². The number of hydrogen-bond donors (Lipinski definition) is 1. The SMILES string of the molecule is CCC(C(=O)OC)C1(O)CCCC(C(F)(F)F)C1. The summed E-state index contributed by atoms with van der Waals surface area (Å²) in [6, 6.07) is 0. The molecule has 0 aromatic rings. The van der Waals surface area contributed by atoms with Crippen LogP contribution in [0.25, 0.3) is 0 Å². The van der Waals surface area contributed by atoms with Crippen LogP contribution in [-0.4, -0.2) is 30.0 Å². The van der Waals surface area contributed by atoms with E-state index in [-0.39, 0.29) is 25.7 Å². The molecule has 0 aromatic carbocycles. The van der Waals surface area contributed by atoms with E-state index >= 15 is 0 Å². The second kappa shape index (κ2) is 5.47. The first-order valence-corrected chi connectivity index (χ1v) is 6.11. The van der Waals surface area contributed by atoms with Gasteiger partial charge in [-0.25, -0.2) is 0 Å². The fraction of sp³-hybridized carbons (Fsp3) is 0.917. The third-order valence-electron chi connectivity index (χ3n) is 3.77. The van der Waals surface area contributed by atoms with Crippen LogP contribution in [0.3, 0.4) is 0 Å². The van der Waals surface area contributed by atoms with Crippen molar-refractivity contribution < 1.29 is 27.8 Å². The molecule has 0 spiro atoms. The van der Waals surface area contributed by atoms with Crippen LogP contribution in [0.1, 0.15) is 39.0 Å². The lowest BCUT2D eigenvalue weighted by Gasteiger charge is -2.41. The zero-order chi connectivity index (χ0) is 14.0. The van der Waals surface area contributed by atoms with Gasteiger partial charge in [-0.3, -0.25) is 4.79 Å². The number of halogens is 3. The Hall–Kier alpha value is -0.780. The van der Waals surface area contributed by atoms with Crippen LogP contribution in [-0.2, 0) is 9.53 Å². The highest BCUT2D eigenvalue weighted by Crippen LogP contribution is 2.45. The summed E-state index contributed by atoms with van der Waals surface area (Å²) in [4.78, 5) is 11.5. The fourth-order valence-corrected chi connectivity index (χ4v) is 2.79. The summed E-state index contributed by atoms with van der Waals surface area (Å²) >= 11 is 0. The molecule has 3 unspecified atom stereocenters. The summed E-state index contributed by atoms with van der Waals surface area (Å²) in [6.45, 7) is 1.66. The van der Waals surface area contributed by atoms with E-state index in [2.05, 4.69) is 4.74 Å². The van der Waals surface area contributed by atoms with E-state index < -0.39 is 36.0 Å². The minimum atomic E-state index is -4.32. The number of aliphatic hydroxyl groups is 1. The number of hydrogen-bond acceptors (Lipinski definition) is 3. The first-order chi connectivity index (χ1) is 8.24. The molecule has 18 heavy (non-hydrogen) atoms. The number of ether oxygens (including phenoxy) is 1. The van der Waals surface area contributed by atoms with Gasteiger partial charge < -0.3 is 9.84 Å². The molecule has 0 aliphatic heterocycles. The molecule has 0 heterocycles. The van der Waals surface area contributed by atoms with Crippen molar-refractivity contribution in [3.8, 4) is 0 Å². The Kier molecular flexibility index (Phi) is 4.64. The van der Waals surface area contributed by atoms with Crippen LogP contribution in [0, 0.1) is 11.8 Å². The summed E-state index contributed by atoms with van der Waals surface area (Å²) < 4.78 is 42.7. The van der Waals surface area contributed by atoms with Crippen molar-refractivity contribution in [3.05, 3.63) is 0 Å². The van der Waals surface area contributed by atoms with Gasteiger partial charge in [0.15, 0.2) is 0 Å². The summed E-state index contributed by atoms with van der Waals surface area (Å²) in [6.07, 6.45) is -3.95. The first-order valence-electron chi connectivity index (χ1n) is 6.11. The predicted molar refractivity (Wildman–Crippen MR) is 58.8 cm³/mol. The van der Waals surface area contributed by atoms with E-state index in [1.54, 1.807) is 6.92 Å². The first kappa shape index (κ1) is 15.3. The van der Waals surface area contributed by atoms with Crippen LogP contribution < -0.4 is 0 Å². The van der Waals surface area contributed by atoms with Gasteiger partial charge in [0.25, 0.3) is 0 Å². The minimum absolute atomic E-state index is 0.0173. The largest absolute Gasteiger partial charge is 0.469 e. The number of esters is 1. The van der Waals surface area contributed by atoms with E-state index in [1.807, 2.05) is 0 Å². The van der Waals surface area contributed by atoms with Gasteiger partial charge in [0.2, 0.25) is 0 Å².